The molecule has 0 spiro atoms. The van der Waals surface area contributed by atoms with Crippen LogP contribution in [0.25, 0.3) is 0 Å². The van der Waals surface area contributed by atoms with Gasteiger partial charge in [-0.25, -0.2) is 0 Å². The number of hydrogen-bond donors (Lipinski definition) is 4. The first-order valence-electron chi connectivity index (χ1n) is 36.0. The van der Waals surface area contributed by atoms with Crippen LogP contribution in [0, 0.1) is 0 Å². The third-order valence-electron chi connectivity index (χ3n) is 16.7. The number of carbonyl (C=O) groups is 4. The van der Waals surface area contributed by atoms with Gasteiger partial charge >= 0.3 is 0 Å². The highest BCUT2D eigenvalue weighted by Gasteiger charge is 2.26. The standard InChI is InChI=1S/C74H134N4O4/c1-5-9-13-17-21-25-29-33-35-37-39-43-47-51-55-59-63-77-73(81)69-66-70(74(82)78-64-60-56-52-48-44-40-38-36-34-30-26-22-18-14-10-6-2)68(72(80)76-62-58-54-50-46-42-32-28-24-20-16-12-8-4)65-67(69)71(79)75-61-57-53-49-45-41-31-27-23-19-15-11-7-3/h33-36,65-66H,5-32,37-64H2,1-4H3,(H,75,79)(H,76,80)(H,77,81)(H,78,82)/b35-33-,36-34-. The van der Waals surface area contributed by atoms with Crippen LogP contribution in [0.3, 0.4) is 0 Å². The Morgan fingerprint density at radius 2 is 0.378 bits per heavy atom. The molecule has 474 valence electrons. The lowest BCUT2D eigenvalue weighted by atomic mass is 9.95. The lowest BCUT2D eigenvalue weighted by Gasteiger charge is -2.17. The van der Waals surface area contributed by atoms with Gasteiger partial charge < -0.3 is 21.3 Å². The monoisotopic (exact) mass is 1140 g/mol. The molecule has 0 atom stereocenters. The van der Waals surface area contributed by atoms with E-state index in [-0.39, 0.29) is 45.9 Å². The van der Waals surface area contributed by atoms with Gasteiger partial charge in [-0.3, -0.25) is 19.2 Å². The summed E-state index contributed by atoms with van der Waals surface area (Å²) >= 11 is 0. The van der Waals surface area contributed by atoms with Gasteiger partial charge in [-0.05, 0) is 89.2 Å². The maximum absolute atomic E-state index is 14.2. The molecule has 4 amide bonds. The molecule has 0 aromatic heterocycles. The van der Waals surface area contributed by atoms with E-state index in [9.17, 15) is 19.2 Å². The molecule has 0 fully saturated rings. The number of benzene rings is 1. The van der Waals surface area contributed by atoms with E-state index in [4.69, 9.17) is 0 Å². The van der Waals surface area contributed by atoms with Crippen LogP contribution in [-0.4, -0.2) is 49.8 Å². The van der Waals surface area contributed by atoms with Crippen molar-refractivity contribution < 1.29 is 19.2 Å². The molecule has 0 aliphatic heterocycles. The van der Waals surface area contributed by atoms with Gasteiger partial charge in [0.2, 0.25) is 0 Å². The molecule has 1 rings (SSSR count). The Balaban J connectivity index is 2.99. The van der Waals surface area contributed by atoms with Crippen LogP contribution >= 0.6 is 0 Å². The van der Waals surface area contributed by atoms with E-state index < -0.39 is 0 Å². The Labute approximate surface area is 508 Å². The van der Waals surface area contributed by atoms with Gasteiger partial charge in [-0.1, -0.05) is 309 Å². The van der Waals surface area contributed by atoms with Gasteiger partial charge in [0, 0.05) is 26.2 Å². The molecule has 0 unspecified atom stereocenters. The quantitative estimate of drug-likeness (QED) is 0.0384. The Hall–Kier alpha value is -3.42. The van der Waals surface area contributed by atoms with Crippen LogP contribution in [0.1, 0.15) is 403 Å². The molecular weight excluding hydrogens is 1010 g/mol. The van der Waals surface area contributed by atoms with E-state index in [1.807, 2.05) is 0 Å². The summed E-state index contributed by atoms with van der Waals surface area (Å²) < 4.78 is 0. The normalized spacial score (nSPS) is 11.6. The smallest absolute Gasteiger partial charge is 0.252 e. The Morgan fingerprint density at radius 1 is 0.232 bits per heavy atom. The van der Waals surface area contributed by atoms with E-state index >= 15 is 0 Å². The first-order chi connectivity index (χ1) is 40.4. The fourth-order valence-corrected chi connectivity index (χ4v) is 11.2. The minimum absolute atomic E-state index is 0.150. The van der Waals surface area contributed by atoms with E-state index in [1.165, 1.54) is 256 Å². The van der Waals surface area contributed by atoms with Crippen LogP contribution in [0.5, 0.6) is 0 Å². The maximum atomic E-state index is 14.2. The second kappa shape index (κ2) is 60.7. The van der Waals surface area contributed by atoms with Crippen molar-refractivity contribution in [1.82, 2.24) is 21.3 Å². The molecule has 1 aromatic rings. The van der Waals surface area contributed by atoms with Gasteiger partial charge in [0.25, 0.3) is 23.6 Å². The highest BCUT2D eigenvalue weighted by atomic mass is 16.2. The minimum Gasteiger partial charge on any atom is -0.352 e. The summed E-state index contributed by atoms with van der Waals surface area (Å²) in [5.41, 5.74) is 0.601. The van der Waals surface area contributed by atoms with Crippen molar-refractivity contribution in [3.05, 3.63) is 58.7 Å². The molecule has 0 saturated heterocycles. The van der Waals surface area contributed by atoms with E-state index in [0.717, 1.165) is 89.9 Å². The summed E-state index contributed by atoms with van der Waals surface area (Å²) in [5, 5.41) is 12.4. The van der Waals surface area contributed by atoms with Gasteiger partial charge in [-0.15, -0.1) is 0 Å². The summed E-state index contributed by atoms with van der Waals surface area (Å²) in [4.78, 5) is 56.7. The fraction of sp³-hybridized carbons (Fsp3) is 0.811. The first-order valence-corrected chi connectivity index (χ1v) is 36.0. The molecule has 0 radical (unpaired) electrons. The summed E-state index contributed by atoms with van der Waals surface area (Å²) in [5.74, 6) is -1.52. The highest BCUT2D eigenvalue weighted by molar-refractivity contribution is 6.14. The average Bonchev–Trinajstić information content (AvgIpc) is 3.66. The predicted octanol–water partition coefficient (Wildman–Crippen LogP) is 22.1. The topological polar surface area (TPSA) is 116 Å². The predicted molar refractivity (Wildman–Crippen MR) is 357 cm³/mol. The van der Waals surface area contributed by atoms with Crippen LogP contribution in [0.4, 0.5) is 0 Å². The number of carbonyl (C=O) groups excluding carboxylic acids is 4. The largest absolute Gasteiger partial charge is 0.352 e. The molecule has 8 heteroatoms. The van der Waals surface area contributed by atoms with Gasteiger partial charge in [0.05, 0.1) is 22.3 Å². The first kappa shape index (κ1) is 76.6. The average molecular weight is 1140 g/mol. The van der Waals surface area contributed by atoms with Crippen LogP contribution in [0.15, 0.2) is 36.4 Å². The Morgan fingerprint density at radius 3 is 0.549 bits per heavy atom. The second-order valence-electron chi connectivity index (χ2n) is 24.6. The summed E-state index contributed by atoms with van der Waals surface area (Å²) in [6.07, 6.45) is 73.1. The van der Waals surface area contributed by atoms with E-state index in [1.54, 1.807) is 0 Å². The third-order valence-corrected chi connectivity index (χ3v) is 16.7. The summed E-state index contributed by atoms with van der Waals surface area (Å²) in [7, 11) is 0. The number of allylic oxidation sites excluding steroid dienone is 4. The zero-order valence-corrected chi connectivity index (χ0v) is 54.7. The molecule has 0 saturated carbocycles. The molecule has 0 bridgehead atoms. The fourth-order valence-electron chi connectivity index (χ4n) is 11.2. The SMILES string of the molecule is CCCCCCCC/C=C\CCCCCCCCNC(=O)c1cc(C(=O)NCCCCCCCC/C=C\CCCCCCCC)c(C(=O)NCCCCCCCCCCCCCC)cc1C(=O)NCCCCCCCCCCCCCC. The number of nitrogens with one attached hydrogen (secondary N) is 4. The van der Waals surface area contributed by atoms with Crippen molar-refractivity contribution >= 4 is 23.6 Å². The number of hydrogen-bond acceptors (Lipinski definition) is 4. The zero-order valence-electron chi connectivity index (χ0n) is 54.7. The molecular formula is C74H134N4O4. The summed E-state index contributed by atoms with van der Waals surface area (Å²) in [6, 6.07) is 3.04. The Bertz CT molecular complexity index is 1570. The van der Waals surface area contributed by atoms with Crippen molar-refractivity contribution in [3.8, 4) is 0 Å². The van der Waals surface area contributed by atoms with Crippen LogP contribution < -0.4 is 21.3 Å². The molecule has 0 aliphatic rings. The summed E-state index contributed by atoms with van der Waals surface area (Å²) in [6.45, 7) is 11.0. The van der Waals surface area contributed by atoms with Gasteiger partial charge in [-0.2, -0.15) is 0 Å². The molecule has 8 nitrogen and oxygen atoms in total. The van der Waals surface area contributed by atoms with Crippen molar-refractivity contribution in [3.63, 3.8) is 0 Å². The molecule has 82 heavy (non-hydrogen) atoms. The number of amides is 4. The minimum atomic E-state index is -0.381. The van der Waals surface area contributed by atoms with Crippen molar-refractivity contribution in [2.45, 2.75) is 362 Å². The van der Waals surface area contributed by atoms with Crippen molar-refractivity contribution in [2.75, 3.05) is 26.2 Å². The number of rotatable bonds is 62. The zero-order chi connectivity index (χ0) is 59.3. The van der Waals surface area contributed by atoms with E-state index in [0.29, 0.717) is 26.2 Å². The van der Waals surface area contributed by atoms with Crippen molar-refractivity contribution in [2.24, 2.45) is 0 Å². The van der Waals surface area contributed by atoms with Gasteiger partial charge in [0.15, 0.2) is 0 Å². The van der Waals surface area contributed by atoms with E-state index in [2.05, 4.69) is 73.3 Å². The highest BCUT2D eigenvalue weighted by Crippen LogP contribution is 2.21. The lowest BCUT2D eigenvalue weighted by molar-refractivity contribution is 0.0907. The molecule has 1 aromatic carbocycles. The lowest BCUT2D eigenvalue weighted by Crippen LogP contribution is -2.34. The van der Waals surface area contributed by atoms with Crippen molar-refractivity contribution in [1.29, 1.82) is 0 Å². The third kappa shape index (κ3) is 46.9. The molecule has 0 heterocycles. The van der Waals surface area contributed by atoms with Crippen LogP contribution in [-0.2, 0) is 0 Å². The Kier molecular flexibility index (Phi) is 56.7. The van der Waals surface area contributed by atoms with Crippen LogP contribution in [0.2, 0.25) is 0 Å². The second-order valence-corrected chi connectivity index (χ2v) is 24.6. The molecule has 4 N–H and O–H groups in total. The maximum Gasteiger partial charge on any atom is 0.252 e. The van der Waals surface area contributed by atoms with Gasteiger partial charge in [0.1, 0.15) is 0 Å². The number of unbranched alkanes of at least 4 members (excludes halogenated alkanes) is 46. The molecule has 0 aliphatic carbocycles.